The van der Waals surface area contributed by atoms with Gasteiger partial charge in [0.15, 0.2) is 6.04 Å². The third-order valence-electron chi connectivity index (χ3n) is 6.06. The van der Waals surface area contributed by atoms with Gasteiger partial charge in [-0.1, -0.05) is 31.2 Å². The fourth-order valence-electron chi connectivity index (χ4n) is 4.08. The molecule has 9 heteroatoms. The molecule has 2 aliphatic rings. The van der Waals surface area contributed by atoms with Crippen LogP contribution in [-0.4, -0.2) is 56.2 Å². The van der Waals surface area contributed by atoms with E-state index in [0.717, 1.165) is 36.1 Å². The summed E-state index contributed by atoms with van der Waals surface area (Å²) in [6, 6.07) is 6.60. The summed E-state index contributed by atoms with van der Waals surface area (Å²) in [5, 5.41) is 8.75. The monoisotopic (exact) mass is 458 g/mol. The molecular formula is C24H34N4O5. The summed E-state index contributed by atoms with van der Waals surface area (Å²) in [7, 11) is 1.25. The standard InChI is InChI=1S/C24H34N4O5/c1-3-19-23(24(31)32-2)28-20(29)13-27-22(17-8-5-9-17)18(25)11-15-6-4-7-16(10-15)12-26-21(30)14-33-19/h4,6-7,10,18-19,23,27H,3,5,8-9,11-14,25H2,1-2H3,(H,26,30)(H,28,29). The average Bonchev–Trinajstić information content (AvgIpc) is 2.77. The molecule has 0 spiro atoms. The zero-order valence-electron chi connectivity index (χ0n) is 19.3. The van der Waals surface area contributed by atoms with Crippen LogP contribution in [0, 0.1) is 0 Å². The molecule has 180 valence electrons. The van der Waals surface area contributed by atoms with Crippen LogP contribution in [0.3, 0.4) is 0 Å². The minimum Gasteiger partial charge on any atom is -0.467 e. The maximum Gasteiger partial charge on any atom is 0.331 e. The first kappa shape index (κ1) is 24.7. The van der Waals surface area contributed by atoms with E-state index in [2.05, 4.69) is 16.0 Å². The lowest BCUT2D eigenvalue weighted by molar-refractivity contribution is -0.151. The Bertz CT molecular complexity index is 895. The van der Waals surface area contributed by atoms with Gasteiger partial charge in [-0.3, -0.25) is 9.59 Å². The fourth-order valence-corrected chi connectivity index (χ4v) is 4.08. The molecular weight excluding hydrogens is 424 g/mol. The number of allylic oxidation sites excluding steroid dienone is 1. The highest BCUT2D eigenvalue weighted by Crippen LogP contribution is 2.29. The number of carbonyl (C=O) groups excluding carboxylic acids is 3. The molecule has 5 N–H and O–H groups in total. The number of esters is 1. The van der Waals surface area contributed by atoms with E-state index in [1.54, 1.807) is 0 Å². The van der Waals surface area contributed by atoms with Crippen LogP contribution in [0.25, 0.3) is 0 Å². The molecule has 3 atom stereocenters. The van der Waals surface area contributed by atoms with Crippen molar-refractivity contribution in [3.05, 3.63) is 46.7 Å². The van der Waals surface area contributed by atoms with E-state index in [1.165, 1.54) is 12.7 Å². The molecule has 1 heterocycles. The summed E-state index contributed by atoms with van der Waals surface area (Å²) < 4.78 is 10.6. The van der Waals surface area contributed by atoms with Crippen molar-refractivity contribution in [1.82, 2.24) is 16.0 Å². The molecule has 2 bridgehead atoms. The summed E-state index contributed by atoms with van der Waals surface area (Å²) in [6.45, 7) is 1.90. The Morgan fingerprint density at radius 3 is 2.58 bits per heavy atom. The number of rotatable bonds is 2. The number of hydrogen-bond acceptors (Lipinski definition) is 7. The van der Waals surface area contributed by atoms with Gasteiger partial charge < -0.3 is 31.2 Å². The first-order valence-corrected chi connectivity index (χ1v) is 11.5. The van der Waals surface area contributed by atoms with Crippen molar-refractivity contribution in [1.29, 1.82) is 0 Å². The van der Waals surface area contributed by atoms with E-state index >= 15 is 0 Å². The van der Waals surface area contributed by atoms with Crippen molar-refractivity contribution in [2.24, 2.45) is 5.73 Å². The van der Waals surface area contributed by atoms with E-state index in [-0.39, 0.29) is 31.0 Å². The lowest BCUT2D eigenvalue weighted by atomic mass is 9.87. The molecule has 3 rings (SSSR count). The molecule has 0 saturated heterocycles. The van der Waals surface area contributed by atoms with Crippen LogP contribution in [-0.2, 0) is 36.8 Å². The van der Waals surface area contributed by atoms with Crippen LogP contribution >= 0.6 is 0 Å². The normalized spacial score (nSPS) is 25.1. The molecule has 1 aliphatic heterocycles. The number of fused-ring (bicyclic) bond motifs is 2. The molecule has 1 aromatic carbocycles. The van der Waals surface area contributed by atoms with Crippen molar-refractivity contribution in [3.8, 4) is 0 Å². The SMILES string of the molecule is CCC1OCC(=O)NCc2cccc(c2)CC(N)C(=C2CCC2)NCC(=O)NC1C(=O)OC. The largest absolute Gasteiger partial charge is 0.467 e. The molecule has 9 nitrogen and oxygen atoms in total. The second-order valence-corrected chi connectivity index (χ2v) is 8.46. The number of ether oxygens (including phenoxy) is 2. The van der Waals surface area contributed by atoms with Crippen molar-refractivity contribution in [3.63, 3.8) is 0 Å². The number of hydrogen-bond donors (Lipinski definition) is 4. The number of amides is 2. The zero-order chi connectivity index (χ0) is 23.8. The van der Waals surface area contributed by atoms with Crippen molar-refractivity contribution >= 4 is 17.8 Å². The van der Waals surface area contributed by atoms with Crippen LogP contribution in [0.4, 0.5) is 0 Å². The van der Waals surface area contributed by atoms with Crippen molar-refractivity contribution < 1.29 is 23.9 Å². The number of carbonyl (C=O) groups is 3. The van der Waals surface area contributed by atoms with E-state index in [0.29, 0.717) is 19.4 Å². The van der Waals surface area contributed by atoms with Gasteiger partial charge in [0.25, 0.3) is 0 Å². The molecule has 3 unspecified atom stereocenters. The van der Waals surface area contributed by atoms with Gasteiger partial charge in [0.2, 0.25) is 11.8 Å². The predicted molar refractivity (Wildman–Crippen MR) is 123 cm³/mol. The number of methoxy groups -OCH3 is 1. The Morgan fingerprint density at radius 2 is 1.91 bits per heavy atom. The maximum atomic E-state index is 12.7. The Labute approximate surface area is 194 Å². The Balaban J connectivity index is 1.86. The highest BCUT2D eigenvalue weighted by molar-refractivity contribution is 5.86. The van der Waals surface area contributed by atoms with Gasteiger partial charge in [-0.25, -0.2) is 4.79 Å². The maximum absolute atomic E-state index is 12.7. The lowest BCUT2D eigenvalue weighted by Crippen LogP contribution is -2.53. The molecule has 33 heavy (non-hydrogen) atoms. The van der Waals surface area contributed by atoms with Crippen LogP contribution in [0.5, 0.6) is 0 Å². The van der Waals surface area contributed by atoms with Crippen molar-refractivity contribution in [2.75, 3.05) is 20.3 Å². The van der Waals surface area contributed by atoms with Gasteiger partial charge >= 0.3 is 5.97 Å². The smallest absolute Gasteiger partial charge is 0.331 e. The lowest BCUT2D eigenvalue weighted by Gasteiger charge is -2.28. The van der Waals surface area contributed by atoms with E-state index in [1.807, 2.05) is 31.2 Å². The van der Waals surface area contributed by atoms with Crippen LogP contribution in [0.15, 0.2) is 35.5 Å². The average molecular weight is 459 g/mol. The molecule has 0 radical (unpaired) electrons. The minimum atomic E-state index is -1.03. The van der Waals surface area contributed by atoms with Gasteiger partial charge in [0, 0.05) is 18.3 Å². The van der Waals surface area contributed by atoms with Gasteiger partial charge in [-0.15, -0.1) is 0 Å². The van der Waals surface area contributed by atoms with Crippen molar-refractivity contribution in [2.45, 2.75) is 63.8 Å². The molecule has 1 fully saturated rings. The summed E-state index contributed by atoms with van der Waals surface area (Å²) in [4.78, 5) is 37.4. The molecule has 1 saturated carbocycles. The minimum absolute atomic E-state index is 0.0308. The van der Waals surface area contributed by atoms with Gasteiger partial charge in [0.1, 0.15) is 6.61 Å². The van der Waals surface area contributed by atoms with E-state index < -0.39 is 18.1 Å². The summed E-state index contributed by atoms with van der Waals surface area (Å²) in [5.74, 6) is -1.32. The van der Waals surface area contributed by atoms with E-state index in [4.69, 9.17) is 15.2 Å². The van der Waals surface area contributed by atoms with Gasteiger partial charge in [-0.2, -0.15) is 0 Å². The Morgan fingerprint density at radius 1 is 1.15 bits per heavy atom. The summed E-state index contributed by atoms with van der Waals surface area (Å²) >= 11 is 0. The van der Waals surface area contributed by atoms with E-state index in [9.17, 15) is 14.4 Å². The fraction of sp³-hybridized carbons (Fsp3) is 0.542. The third-order valence-corrected chi connectivity index (χ3v) is 6.06. The summed E-state index contributed by atoms with van der Waals surface area (Å²) in [6.07, 6.45) is 3.32. The number of nitrogens with two attached hydrogens (primary N) is 1. The highest BCUT2D eigenvalue weighted by Gasteiger charge is 2.31. The molecule has 2 amide bonds. The first-order chi connectivity index (χ1) is 15.9. The zero-order valence-corrected chi connectivity index (χ0v) is 19.3. The highest BCUT2D eigenvalue weighted by atomic mass is 16.5. The van der Waals surface area contributed by atoms with Gasteiger partial charge in [0.05, 0.1) is 19.8 Å². The second-order valence-electron chi connectivity index (χ2n) is 8.46. The van der Waals surface area contributed by atoms with Crippen LogP contribution in [0.1, 0.15) is 43.7 Å². The Hall–Kier alpha value is -2.91. The molecule has 0 aromatic heterocycles. The third kappa shape index (κ3) is 6.79. The number of benzene rings is 1. The van der Waals surface area contributed by atoms with Gasteiger partial charge in [-0.05, 0) is 48.8 Å². The van der Waals surface area contributed by atoms with Crippen LogP contribution < -0.4 is 21.7 Å². The number of nitrogens with one attached hydrogen (secondary N) is 3. The first-order valence-electron chi connectivity index (χ1n) is 11.5. The molecule has 1 aromatic rings. The topological polar surface area (TPSA) is 132 Å². The predicted octanol–water partition coefficient (Wildman–Crippen LogP) is 0.667. The molecule has 1 aliphatic carbocycles. The Kier molecular flexibility index (Phi) is 8.85. The quantitative estimate of drug-likeness (QED) is 0.479. The second kappa shape index (κ2) is 11.8. The summed E-state index contributed by atoms with van der Waals surface area (Å²) in [5.41, 5.74) is 10.7. The van der Waals surface area contributed by atoms with Crippen LogP contribution in [0.2, 0.25) is 0 Å².